The van der Waals surface area contributed by atoms with Crippen LogP contribution in [0.4, 0.5) is 8.78 Å². The van der Waals surface area contributed by atoms with Gasteiger partial charge >= 0.3 is 6.61 Å². The summed E-state index contributed by atoms with van der Waals surface area (Å²) in [5.74, 6) is 0.409. The Balaban J connectivity index is 1.91. The molecule has 1 aromatic heterocycles. The predicted octanol–water partition coefficient (Wildman–Crippen LogP) is 2.81. The van der Waals surface area contributed by atoms with Crippen LogP contribution in [-0.2, 0) is 0 Å². The van der Waals surface area contributed by atoms with Gasteiger partial charge in [0.1, 0.15) is 10.6 Å². The average Bonchev–Trinajstić information content (AvgIpc) is 2.92. The van der Waals surface area contributed by atoms with Gasteiger partial charge in [-0.15, -0.1) is 11.3 Å². The quantitative estimate of drug-likeness (QED) is 0.877. The Kier molecular flexibility index (Phi) is 5.93. The number of likely N-dealkylation sites (tertiary alicyclic amines) is 1. The molecule has 0 spiro atoms. The maximum atomic E-state index is 12.4. The van der Waals surface area contributed by atoms with Gasteiger partial charge in [-0.3, -0.25) is 4.79 Å². The second kappa shape index (κ2) is 7.70. The molecular formula is C14H20F2N2O2S. The Bertz CT molecular complexity index is 460. The maximum Gasteiger partial charge on any atom is 0.387 e. The zero-order valence-electron chi connectivity index (χ0n) is 12.0. The van der Waals surface area contributed by atoms with Gasteiger partial charge in [-0.05, 0) is 50.2 Å². The second-order valence-corrected chi connectivity index (χ2v) is 6.04. The van der Waals surface area contributed by atoms with Gasteiger partial charge in [-0.25, -0.2) is 0 Å². The predicted molar refractivity (Wildman–Crippen MR) is 78.1 cm³/mol. The van der Waals surface area contributed by atoms with Gasteiger partial charge in [-0.1, -0.05) is 0 Å². The lowest BCUT2D eigenvalue weighted by molar-refractivity contribution is -0.0499. The topological polar surface area (TPSA) is 41.6 Å². The summed E-state index contributed by atoms with van der Waals surface area (Å²) in [5.41, 5.74) is 0. The van der Waals surface area contributed by atoms with Crippen molar-refractivity contribution < 1.29 is 18.3 Å². The van der Waals surface area contributed by atoms with E-state index in [4.69, 9.17) is 0 Å². The highest BCUT2D eigenvalue weighted by molar-refractivity contribution is 7.12. The van der Waals surface area contributed by atoms with E-state index in [-0.39, 0.29) is 16.5 Å². The third-order valence-corrected chi connectivity index (χ3v) is 4.63. The number of amides is 1. The molecule has 1 N–H and O–H groups in total. The first kappa shape index (κ1) is 16.2. The standard InChI is InChI=1S/C14H20F2N2O2S/c1-17-6-2-10-3-7-18(8-4-10)13(19)12-11(5-9-21-12)20-14(15)16/h5,9-10,14,17H,2-4,6-8H2,1H3. The SMILES string of the molecule is CNCCC1CCN(C(=O)c2sccc2OC(F)F)CC1. The summed E-state index contributed by atoms with van der Waals surface area (Å²) in [4.78, 5) is 14.4. The highest BCUT2D eigenvalue weighted by Crippen LogP contribution is 2.29. The highest BCUT2D eigenvalue weighted by atomic mass is 32.1. The van der Waals surface area contributed by atoms with E-state index >= 15 is 0 Å². The molecule has 1 aromatic rings. The maximum absolute atomic E-state index is 12.4. The van der Waals surface area contributed by atoms with Crippen LogP contribution in [0, 0.1) is 5.92 Å². The Labute approximate surface area is 127 Å². The van der Waals surface area contributed by atoms with E-state index in [1.807, 2.05) is 7.05 Å². The number of piperidine rings is 1. The van der Waals surface area contributed by atoms with Gasteiger partial charge in [0.05, 0.1) is 0 Å². The van der Waals surface area contributed by atoms with Crippen molar-refractivity contribution in [1.29, 1.82) is 0 Å². The minimum absolute atomic E-state index is 0.0164. The molecule has 7 heteroatoms. The summed E-state index contributed by atoms with van der Waals surface area (Å²) in [6.07, 6.45) is 3.03. The van der Waals surface area contributed by atoms with E-state index in [1.165, 1.54) is 6.07 Å². The van der Waals surface area contributed by atoms with Crippen molar-refractivity contribution in [3.8, 4) is 5.75 Å². The van der Waals surface area contributed by atoms with E-state index < -0.39 is 6.61 Å². The zero-order chi connectivity index (χ0) is 15.2. The Morgan fingerprint density at radius 3 is 2.86 bits per heavy atom. The van der Waals surface area contributed by atoms with Gasteiger partial charge in [0, 0.05) is 13.1 Å². The number of carbonyl (C=O) groups is 1. The molecule has 0 radical (unpaired) electrons. The highest BCUT2D eigenvalue weighted by Gasteiger charge is 2.26. The fraction of sp³-hybridized carbons (Fsp3) is 0.643. The van der Waals surface area contributed by atoms with Crippen molar-refractivity contribution in [3.05, 3.63) is 16.3 Å². The second-order valence-electron chi connectivity index (χ2n) is 5.12. The van der Waals surface area contributed by atoms with E-state index in [0.29, 0.717) is 19.0 Å². The van der Waals surface area contributed by atoms with Crippen molar-refractivity contribution in [2.45, 2.75) is 25.9 Å². The van der Waals surface area contributed by atoms with Crippen molar-refractivity contribution in [1.82, 2.24) is 10.2 Å². The molecule has 1 aliphatic heterocycles. The molecular weight excluding hydrogens is 298 g/mol. The smallest absolute Gasteiger partial charge is 0.387 e. The normalized spacial score (nSPS) is 16.5. The largest absolute Gasteiger partial charge is 0.433 e. The molecule has 0 aliphatic carbocycles. The molecule has 1 amide bonds. The molecule has 2 rings (SSSR count). The van der Waals surface area contributed by atoms with Gasteiger partial charge < -0.3 is 15.0 Å². The molecule has 0 saturated carbocycles. The summed E-state index contributed by atoms with van der Waals surface area (Å²) in [7, 11) is 1.93. The van der Waals surface area contributed by atoms with Gasteiger partial charge in [0.25, 0.3) is 5.91 Å². The molecule has 1 saturated heterocycles. The summed E-state index contributed by atoms with van der Waals surface area (Å²) in [5, 5.41) is 4.73. The average molecular weight is 318 g/mol. The monoisotopic (exact) mass is 318 g/mol. The Hall–Kier alpha value is -1.21. The molecule has 0 unspecified atom stereocenters. The molecule has 21 heavy (non-hydrogen) atoms. The molecule has 1 fully saturated rings. The first-order valence-electron chi connectivity index (χ1n) is 7.08. The molecule has 0 aromatic carbocycles. The lowest BCUT2D eigenvalue weighted by Gasteiger charge is -2.32. The summed E-state index contributed by atoms with van der Waals surface area (Å²) < 4.78 is 29.0. The zero-order valence-corrected chi connectivity index (χ0v) is 12.8. The third-order valence-electron chi connectivity index (χ3n) is 3.74. The summed E-state index contributed by atoms with van der Waals surface area (Å²) >= 11 is 1.15. The number of hydrogen-bond donors (Lipinski definition) is 1. The van der Waals surface area contributed by atoms with Crippen LogP contribution in [-0.4, -0.2) is 44.1 Å². The van der Waals surface area contributed by atoms with Crippen molar-refractivity contribution >= 4 is 17.2 Å². The summed E-state index contributed by atoms with van der Waals surface area (Å²) in [6, 6.07) is 1.42. The number of hydrogen-bond acceptors (Lipinski definition) is 4. The van der Waals surface area contributed by atoms with Crippen LogP contribution in [0.15, 0.2) is 11.4 Å². The van der Waals surface area contributed by atoms with E-state index in [0.717, 1.165) is 37.1 Å². The van der Waals surface area contributed by atoms with Gasteiger partial charge in [0.2, 0.25) is 0 Å². The number of carbonyl (C=O) groups excluding carboxylic acids is 1. The summed E-state index contributed by atoms with van der Waals surface area (Å²) in [6.45, 7) is -0.563. The van der Waals surface area contributed by atoms with Crippen LogP contribution in [0.1, 0.15) is 28.9 Å². The van der Waals surface area contributed by atoms with E-state index in [2.05, 4.69) is 10.1 Å². The molecule has 118 valence electrons. The number of nitrogens with one attached hydrogen (secondary N) is 1. The van der Waals surface area contributed by atoms with Crippen LogP contribution >= 0.6 is 11.3 Å². The van der Waals surface area contributed by atoms with E-state index in [1.54, 1.807) is 10.3 Å². The third kappa shape index (κ3) is 4.38. The first-order chi connectivity index (χ1) is 10.1. The number of rotatable bonds is 6. The lowest BCUT2D eigenvalue weighted by atomic mass is 9.93. The minimum atomic E-state index is -2.90. The van der Waals surface area contributed by atoms with Crippen LogP contribution in [0.25, 0.3) is 0 Å². The Morgan fingerprint density at radius 2 is 2.24 bits per heavy atom. The van der Waals surface area contributed by atoms with Crippen LogP contribution < -0.4 is 10.1 Å². The number of halogens is 2. The number of ether oxygens (including phenoxy) is 1. The van der Waals surface area contributed by atoms with Crippen LogP contribution in [0.3, 0.4) is 0 Å². The van der Waals surface area contributed by atoms with Crippen molar-refractivity contribution in [3.63, 3.8) is 0 Å². The molecule has 0 bridgehead atoms. The molecule has 2 heterocycles. The number of alkyl halides is 2. The number of nitrogens with zero attached hydrogens (tertiary/aromatic N) is 1. The van der Waals surface area contributed by atoms with Gasteiger partial charge in [0.15, 0.2) is 0 Å². The Morgan fingerprint density at radius 1 is 1.52 bits per heavy atom. The lowest BCUT2D eigenvalue weighted by Crippen LogP contribution is -2.38. The fourth-order valence-corrected chi connectivity index (χ4v) is 3.35. The van der Waals surface area contributed by atoms with E-state index in [9.17, 15) is 13.6 Å². The molecule has 4 nitrogen and oxygen atoms in total. The van der Waals surface area contributed by atoms with Crippen LogP contribution in [0.2, 0.25) is 0 Å². The minimum Gasteiger partial charge on any atom is -0.433 e. The van der Waals surface area contributed by atoms with Gasteiger partial charge in [-0.2, -0.15) is 8.78 Å². The van der Waals surface area contributed by atoms with Crippen LogP contribution in [0.5, 0.6) is 5.75 Å². The molecule has 1 aliphatic rings. The van der Waals surface area contributed by atoms with Crippen molar-refractivity contribution in [2.75, 3.05) is 26.7 Å². The van der Waals surface area contributed by atoms with Crippen molar-refractivity contribution in [2.24, 2.45) is 5.92 Å². The molecule has 0 atom stereocenters. The fourth-order valence-electron chi connectivity index (χ4n) is 2.56. The number of thiophene rings is 1. The first-order valence-corrected chi connectivity index (χ1v) is 7.96.